The summed E-state index contributed by atoms with van der Waals surface area (Å²) in [6.45, 7) is 2.39. The first-order valence-corrected chi connectivity index (χ1v) is 5.99. The van der Waals surface area contributed by atoms with Crippen LogP contribution in [0, 0.1) is 0 Å². The molecule has 1 heterocycles. The van der Waals surface area contributed by atoms with Gasteiger partial charge in [0.05, 0.1) is 0 Å². The molecule has 96 valence electrons. The fourth-order valence-electron chi connectivity index (χ4n) is 1.66. The lowest BCUT2D eigenvalue weighted by atomic mass is 10.1. The van der Waals surface area contributed by atoms with Crippen LogP contribution in [0.2, 0.25) is 0 Å². The highest BCUT2D eigenvalue weighted by molar-refractivity contribution is 5.76. The van der Waals surface area contributed by atoms with Gasteiger partial charge in [-0.25, -0.2) is 4.98 Å². The van der Waals surface area contributed by atoms with Crippen LogP contribution in [0.15, 0.2) is 29.0 Å². The zero-order valence-electron chi connectivity index (χ0n) is 10.3. The topological polar surface area (TPSA) is 81.2 Å². The second-order valence-electron chi connectivity index (χ2n) is 4.45. The Kier molecular flexibility index (Phi) is 3.94. The fourth-order valence-corrected chi connectivity index (χ4v) is 1.66. The molecule has 1 aromatic heterocycles. The van der Waals surface area contributed by atoms with Gasteiger partial charge in [0, 0.05) is 19.0 Å². The van der Waals surface area contributed by atoms with Crippen LogP contribution in [0.25, 0.3) is 11.1 Å². The Labute approximate surface area is 105 Å². The molecule has 0 radical (unpaired) electrons. The highest BCUT2D eigenvalue weighted by Gasteiger charge is 2.04. The maximum absolute atomic E-state index is 11.5. The van der Waals surface area contributed by atoms with E-state index in [0.29, 0.717) is 19.4 Å². The molecule has 5 heteroatoms. The van der Waals surface area contributed by atoms with Crippen molar-refractivity contribution in [3.8, 4) is 0 Å². The molecule has 18 heavy (non-hydrogen) atoms. The van der Waals surface area contributed by atoms with Crippen molar-refractivity contribution in [2.45, 2.75) is 32.4 Å². The number of benzene rings is 1. The average Bonchev–Trinajstić information content (AvgIpc) is 2.81. The molecular weight excluding hydrogens is 230 g/mol. The summed E-state index contributed by atoms with van der Waals surface area (Å²) in [4.78, 5) is 15.6. The van der Waals surface area contributed by atoms with Gasteiger partial charge in [0.15, 0.2) is 12.0 Å². The van der Waals surface area contributed by atoms with Crippen molar-refractivity contribution >= 4 is 17.0 Å². The Morgan fingerprint density at radius 3 is 3.17 bits per heavy atom. The molecule has 1 aromatic carbocycles. The number of rotatable bonds is 5. The summed E-state index contributed by atoms with van der Waals surface area (Å²) < 4.78 is 5.20. The number of amides is 1. The van der Waals surface area contributed by atoms with Crippen molar-refractivity contribution in [2.75, 3.05) is 0 Å². The minimum Gasteiger partial charge on any atom is -0.443 e. The van der Waals surface area contributed by atoms with Gasteiger partial charge in [0.1, 0.15) is 5.52 Å². The third-order valence-corrected chi connectivity index (χ3v) is 2.71. The van der Waals surface area contributed by atoms with Gasteiger partial charge in [0.25, 0.3) is 0 Å². The first-order chi connectivity index (χ1) is 8.65. The van der Waals surface area contributed by atoms with E-state index in [0.717, 1.165) is 16.7 Å². The van der Waals surface area contributed by atoms with Gasteiger partial charge in [-0.3, -0.25) is 4.79 Å². The number of oxazole rings is 1. The summed E-state index contributed by atoms with van der Waals surface area (Å²) in [5, 5.41) is 2.85. The number of nitrogens with zero attached hydrogens (tertiary/aromatic N) is 1. The Bertz CT molecular complexity index is 534. The van der Waals surface area contributed by atoms with E-state index in [2.05, 4.69) is 10.3 Å². The van der Waals surface area contributed by atoms with E-state index in [1.165, 1.54) is 6.39 Å². The van der Waals surface area contributed by atoms with Crippen LogP contribution in [0.4, 0.5) is 0 Å². The van der Waals surface area contributed by atoms with Gasteiger partial charge in [-0.05, 0) is 31.0 Å². The molecule has 3 N–H and O–H groups in total. The molecule has 1 unspecified atom stereocenters. The predicted molar refractivity (Wildman–Crippen MR) is 68.7 cm³/mol. The molecular formula is C13H17N3O2. The number of nitrogens with two attached hydrogens (primary N) is 1. The number of carbonyl (C=O) groups is 1. The number of carbonyl (C=O) groups excluding carboxylic acids is 1. The first-order valence-electron chi connectivity index (χ1n) is 5.99. The second kappa shape index (κ2) is 5.64. The summed E-state index contributed by atoms with van der Waals surface area (Å²) in [5.74, 6) is 0.0185. The zero-order chi connectivity index (χ0) is 13.0. The molecule has 0 aliphatic heterocycles. The summed E-state index contributed by atoms with van der Waals surface area (Å²) in [6.07, 6.45) is 2.57. The lowest BCUT2D eigenvalue weighted by Gasteiger charge is -2.06. The van der Waals surface area contributed by atoms with Gasteiger partial charge in [-0.2, -0.15) is 0 Å². The lowest BCUT2D eigenvalue weighted by Crippen LogP contribution is -2.25. The van der Waals surface area contributed by atoms with Gasteiger partial charge < -0.3 is 15.5 Å². The van der Waals surface area contributed by atoms with Crippen molar-refractivity contribution in [1.82, 2.24) is 10.3 Å². The lowest BCUT2D eigenvalue weighted by molar-refractivity contribution is -0.121. The van der Waals surface area contributed by atoms with Crippen molar-refractivity contribution in [1.29, 1.82) is 0 Å². The molecule has 0 aliphatic rings. The minimum absolute atomic E-state index is 0.0185. The molecule has 2 rings (SSSR count). The molecule has 0 saturated heterocycles. The standard InChI is InChI=1S/C13H17N3O2/c1-9(14)2-5-13(17)15-7-10-3-4-11-12(6-10)18-8-16-11/h3-4,6,8-9H,2,5,7,14H2,1H3,(H,15,17). The molecule has 0 aliphatic carbocycles. The van der Waals surface area contributed by atoms with E-state index in [1.54, 1.807) is 0 Å². The second-order valence-corrected chi connectivity index (χ2v) is 4.45. The zero-order valence-corrected chi connectivity index (χ0v) is 10.3. The Balaban J connectivity index is 1.87. The molecule has 0 saturated carbocycles. The van der Waals surface area contributed by atoms with Crippen LogP contribution in [-0.2, 0) is 11.3 Å². The highest BCUT2D eigenvalue weighted by atomic mass is 16.3. The van der Waals surface area contributed by atoms with Gasteiger partial charge >= 0.3 is 0 Å². The minimum atomic E-state index is 0.0185. The van der Waals surface area contributed by atoms with Crippen LogP contribution in [0.3, 0.4) is 0 Å². The quantitative estimate of drug-likeness (QED) is 0.840. The average molecular weight is 247 g/mol. The SMILES string of the molecule is CC(N)CCC(=O)NCc1ccc2ncoc2c1. The molecule has 1 amide bonds. The van der Waals surface area contributed by atoms with Gasteiger partial charge in [-0.1, -0.05) is 6.07 Å². The molecule has 5 nitrogen and oxygen atoms in total. The summed E-state index contributed by atoms with van der Waals surface area (Å²) >= 11 is 0. The smallest absolute Gasteiger partial charge is 0.220 e. The maximum Gasteiger partial charge on any atom is 0.220 e. The third kappa shape index (κ3) is 3.30. The van der Waals surface area contributed by atoms with Crippen molar-refractivity contribution in [3.05, 3.63) is 30.2 Å². The Morgan fingerprint density at radius 1 is 1.56 bits per heavy atom. The normalized spacial score (nSPS) is 12.6. The van der Waals surface area contributed by atoms with Crippen LogP contribution in [-0.4, -0.2) is 16.9 Å². The van der Waals surface area contributed by atoms with E-state index in [-0.39, 0.29) is 11.9 Å². The van der Waals surface area contributed by atoms with E-state index in [4.69, 9.17) is 10.2 Å². The monoisotopic (exact) mass is 247 g/mol. The summed E-state index contributed by atoms with van der Waals surface area (Å²) in [5.41, 5.74) is 8.15. The number of nitrogens with one attached hydrogen (secondary N) is 1. The Hall–Kier alpha value is -1.88. The van der Waals surface area contributed by atoms with Gasteiger partial charge in [0.2, 0.25) is 5.91 Å². The van der Waals surface area contributed by atoms with E-state index in [1.807, 2.05) is 25.1 Å². The number of hydrogen-bond acceptors (Lipinski definition) is 4. The van der Waals surface area contributed by atoms with Crippen molar-refractivity contribution in [2.24, 2.45) is 5.73 Å². The van der Waals surface area contributed by atoms with Gasteiger partial charge in [-0.15, -0.1) is 0 Å². The van der Waals surface area contributed by atoms with E-state index < -0.39 is 0 Å². The predicted octanol–water partition coefficient (Wildman–Crippen LogP) is 1.57. The summed E-state index contributed by atoms with van der Waals surface area (Å²) in [7, 11) is 0. The first kappa shape index (κ1) is 12.6. The molecule has 0 spiro atoms. The number of hydrogen-bond donors (Lipinski definition) is 2. The van der Waals surface area contributed by atoms with Crippen molar-refractivity contribution < 1.29 is 9.21 Å². The largest absolute Gasteiger partial charge is 0.443 e. The van der Waals surface area contributed by atoms with E-state index >= 15 is 0 Å². The maximum atomic E-state index is 11.5. The fraction of sp³-hybridized carbons (Fsp3) is 0.385. The van der Waals surface area contributed by atoms with Crippen LogP contribution >= 0.6 is 0 Å². The van der Waals surface area contributed by atoms with Crippen LogP contribution < -0.4 is 11.1 Å². The summed E-state index contributed by atoms with van der Waals surface area (Å²) in [6, 6.07) is 5.74. The number of fused-ring (bicyclic) bond motifs is 1. The molecule has 1 atom stereocenters. The van der Waals surface area contributed by atoms with Crippen molar-refractivity contribution in [3.63, 3.8) is 0 Å². The Morgan fingerprint density at radius 2 is 2.39 bits per heavy atom. The van der Waals surface area contributed by atoms with Crippen LogP contribution in [0.1, 0.15) is 25.3 Å². The van der Waals surface area contributed by atoms with E-state index in [9.17, 15) is 4.79 Å². The molecule has 0 fully saturated rings. The number of aromatic nitrogens is 1. The molecule has 2 aromatic rings. The molecule has 0 bridgehead atoms. The highest BCUT2D eigenvalue weighted by Crippen LogP contribution is 2.14. The third-order valence-electron chi connectivity index (χ3n) is 2.71. The van der Waals surface area contributed by atoms with Crippen LogP contribution in [0.5, 0.6) is 0 Å².